The number of aromatic nitrogens is 1. The highest BCUT2D eigenvalue weighted by Crippen LogP contribution is 2.21. The number of hydrogen-bond acceptors (Lipinski definition) is 5. The number of nitrogens with one attached hydrogen (secondary N) is 1. The third-order valence-electron chi connectivity index (χ3n) is 4.13. The highest BCUT2D eigenvalue weighted by molar-refractivity contribution is 7.89. The van der Waals surface area contributed by atoms with Crippen LogP contribution in [0.1, 0.15) is 15.9 Å². The van der Waals surface area contributed by atoms with Crippen LogP contribution in [-0.4, -0.2) is 37.7 Å². The van der Waals surface area contributed by atoms with Crippen molar-refractivity contribution >= 4 is 21.6 Å². The van der Waals surface area contributed by atoms with E-state index in [0.717, 1.165) is 9.87 Å². The van der Waals surface area contributed by atoms with E-state index >= 15 is 0 Å². The first-order valence-corrected chi connectivity index (χ1v) is 10.2. The molecule has 0 aliphatic carbocycles. The molecule has 1 N–H and O–H groups in total. The molecule has 0 saturated carbocycles. The molecule has 0 atom stereocenters. The fourth-order valence-electron chi connectivity index (χ4n) is 2.43. The lowest BCUT2D eigenvalue weighted by atomic mass is 10.2. The van der Waals surface area contributed by atoms with Gasteiger partial charge in [-0.1, -0.05) is 17.7 Å². The van der Waals surface area contributed by atoms with Crippen LogP contribution in [0.5, 0.6) is 11.6 Å². The number of carbonyl (C=O) groups is 1. The van der Waals surface area contributed by atoms with E-state index in [1.807, 2.05) is 31.2 Å². The molecule has 3 aromatic rings. The maximum atomic E-state index is 12.4. The zero-order valence-electron chi connectivity index (χ0n) is 16.3. The van der Waals surface area contributed by atoms with Gasteiger partial charge in [0.1, 0.15) is 5.75 Å². The Morgan fingerprint density at radius 2 is 1.62 bits per heavy atom. The number of pyridine rings is 1. The van der Waals surface area contributed by atoms with E-state index in [9.17, 15) is 13.2 Å². The Balaban J connectivity index is 1.65. The fourth-order valence-corrected chi connectivity index (χ4v) is 3.34. The Labute approximate surface area is 170 Å². The average molecular weight is 411 g/mol. The Morgan fingerprint density at radius 1 is 0.966 bits per heavy atom. The number of aryl methyl sites for hydroxylation is 1. The first-order valence-electron chi connectivity index (χ1n) is 8.80. The molecular weight excluding hydrogens is 390 g/mol. The van der Waals surface area contributed by atoms with Gasteiger partial charge in [-0.25, -0.2) is 17.7 Å². The SMILES string of the molecule is Cc1ccc(Oc2ccc(NC(=O)c3ccc(S(=O)(=O)N(C)C)cc3)cn2)cc1. The van der Waals surface area contributed by atoms with Crippen molar-refractivity contribution in [2.45, 2.75) is 11.8 Å². The largest absolute Gasteiger partial charge is 0.439 e. The van der Waals surface area contributed by atoms with Crippen molar-refractivity contribution in [3.63, 3.8) is 0 Å². The van der Waals surface area contributed by atoms with E-state index in [-0.39, 0.29) is 10.8 Å². The monoisotopic (exact) mass is 411 g/mol. The Kier molecular flexibility index (Phi) is 5.95. The number of benzene rings is 2. The minimum Gasteiger partial charge on any atom is -0.439 e. The molecule has 0 spiro atoms. The van der Waals surface area contributed by atoms with Gasteiger partial charge in [0.2, 0.25) is 15.9 Å². The number of sulfonamides is 1. The molecular formula is C21H21N3O4S. The van der Waals surface area contributed by atoms with Gasteiger partial charge in [-0.05, 0) is 49.4 Å². The zero-order valence-corrected chi connectivity index (χ0v) is 17.1. The Morgan fingerprint density at radius 3 is 2.17 bits per heavy atom. The molecule has 1 aromatic heterocycles. The molecule has 0 aliphatic rings. The number of ether oxygens (including phenoxy) is 1. The van der Waals surface area contributed by atoms with Crippen LogP contribution >= 0.6 is 0 Å². The van der Waals surface area contributed by atoms with E-state index in [0.29, 0.717) is 22.9 Å². The van der Waals surface area contributed by atoms with Crippen LogP contribution < -0.4 is 10.1 Å². The summed E-state index contributed by atoms with van der Waals surface area (Å²) in [7, 11) is -0.627. The molecule has 1 heterocycles. The van der Waals surface area contributed by atoms with Crippen molar-refractivity contribution in [1.82, 2.24) is 9.29 Å². The summed E-state index contributed by atoms with van der Waals surface area (Å²) in [6.45, 7) is 1.99. The molecule has 150 valence electrons. The van der Waals surface area contributed by atoms with E-state index in [4.69, 9.17) is 4.74 Å². The number of carbonyl (C=O) groups excluding carboxylic acids is 1. The van der Waals surface area contributed by atoms with Crippen LogP contribution in [0.25, 0.3) is 0 Å². The number of nitrogens with zero attached hydrogens (tertiary/aromatic N) is 2. The third kappa shape index (κ3) is 4.98. The van der Waals surface area contributed by atoms with Crippen LogP contribution in [0.4, 0.5) is 5.69 Å². The molecule has 29 heavy (non-hydrogen) atoms. The molecule has 0 saturated heterocycles. The van der Waals surface area contributed by atoms with Gasteiger partial charge in [0.05, 0.1) is 16.8 Å². The summed E-state index contributed by atoms with van der Waals surface area (Å²) in [5.74, 6) is 0.713. The normalized spacial score (nSPS) is 11.3. The van der Waals surface area contributed by atoms with Crippen molar-refractivity contribution < 1.29 is 17.9 Å². The van der Waals surface area contributed by atoms with E-state index in [2.05, 4.69) is 10.3 Å². The van der Waals surface area contributed by atoms with Crippen LogP contribution in [0.2, 0.25) is 0 Å². The first-order chi connectivity index (χ1) is 13.8. The summed E-state index contributed by atoms with van der Waals surface area (Å²) in [5, 5.41) is 2.72. The van der Waals surface area contributed by atoms with Gasteiger partial charge >= 0.3 is 0 Å². The molecule has 2 aromatic carbocycles. The van der Waals surface area contributed by atoms with Crippen LogP contribution in [0.15, 0.2) is 71.8 Å². The summed E-state index contributed by atoms with van der Waals surface area (Å²) in [5.41, 5.74) is 1.97. The van der Waals surface area contributed by atoms with Gasteiger partial charge in [0.15, 0.2) is 0 Å². The third-order valence-corrected chi connectivity index (χ3v) is 5.96. The predicted molar refractivity (Wildman–Crippen MR) is 111 cm³/mol. The summed E-state index contributed by atoms with van der Waals surface area (Å²) in [6, 6.07) is 16.7. The van der Waals surface area contributed by atoms with Gasteiger partial charge in [-0.2, -0.15) is 0 Å². The molecule has 0 aliphatic heterocycles. The molecule has 3 rings (SSSR count). The zero-order chi connectivity index (χ0) is 21.0. The molecule has 0 fully saturated rings. The Hall–Kier alpha value is -3.23. The molecule has 7 nitrogen and oxygen atoms in total. The highest BCUT2D eigenvalue weighted by Gasteiger charge is 2.17. The van der Waals surface area contributed by atoms with Crippen molar-refractivity contribution in [2.24, 2.45) is 0 Å². The molecule has 0 radical (unpaired) electrons. The maximum absolute atomic E-state index is 12.4. The number of hydrogen-bond donors (Lipinski definition) is 1. The number of rotatable bonds is 6. The first kappa shape index (κ1) is 20.5. The topological polar surface area (TPSA) is 88.6 Å². The van der Waals surface area contributed by atoms with Crippen molar-refractivity contribution in [3.8, 4) is 11.6 Å². The van der Waals surface area contributed by atoms with Gasteiger partial charge in [0.25, 0.3) is 5.91 Å². The van der Waals surface area contributed by atoms with E-state index < -0.39 is 10.0 Å². The van der Waals surface area contributed by atoms with Gasteiger partial charge in [0, 0.05) is 25.7 Å². The summed E-state index contributed by atoms with van der Waals surface area (Å²) in [4.78, 5) is 16.7. The van der Waals surface area contributed by atoms with Crippen LogP contribution in [-0.2, 0) is 10.0 Å². The number of amides is 1. The summed E-state index contributed by atoms with van der Waals surface area (Å²) >= 11 is 0. The minimum absolute atomic E-state index is 0.123. The maximum Gasteiger partial charge on any atom is 0.255 e. The molecule has 0 bridgehead atoms. The van der Waals surface area contributed by atoms with Crippen LogP contribution in [0, 0.1) is 6.92 Å². The van der Waals surface area contributed by atoms with Crippen molar-refractivity contribution in [3.05, 3.63) is 78.0 Å². The smallest absolute Gasteiger partial charge is 0.255 e. The van der Waals surface area contributed by atoms with E-state index in [1.54, 1.807) is 12.1 Å². The second kappa shape index (κ2) is 8.42. The highest BCUT2D eigenvalue weighted by atomic mass is 32.2. The summed E-state index contributed by atoms with van der Waals surface area (Å²) < 4.78 is 31.0. The quantitative estimate of drug-likeness (QED) is 0.668. The van der Waals surface area contributed by atoms with E-state index in [1.165, 1.54) is 44.6 Å². The van der Waals surface area contributed by atoms with Crippen molar-refractivity contribution in [1.29, 1.82) is 0 Å². The molecule has 8 heteroatoms. The Bertz CT molecular complexity index is 1090. The van der Waals surface area contributed by atoms with Crippen molar-refractivity contribution in [2.75, 3.05) is 19.4 Å². The lowest BCUT2D eigenvalue weighted by Crippen LogP contribution is -2.22. The van der Waals surface area contributed by atoms with Gasteiger partial charge in [-0.15, -0.1) is 0 Å². The fraction of sp³-hybridized carbons (Fsp3) is 0.143. The lowest BCUT2D eigenvalue weighted by molar-refractivity contribution is 0.102. The average Bonchev–Trinajstić information content (AvgIpc) is 2.71. The minimum atomic E-state index is -3.53. The molecule has 1 amide bonds. The standard InChI is InChI=1S/C21H21N3O4S/c1-15-4-9-18(10-5-15)28-20-13-8-17(14-22-20)23-21(25)16-6-11-19(12-7-16)29(26,27)24(2)3/h4-14H,1-3H3,(H,23,25). The number of anilines is 1. The second-order valence-electron chi connectivity index (χ2n) is 6.57. The van der Waals surface area contributed by atoms with Crippen LogP contribution in [0.3, 0.4) is 0 Å². The van der Waals surface area contributed by atoms with Gasteiger partial charge in [-0.3, -0.25) is 4.79 Å². The molecule has 0 unspecified atom stereocenters. The predicted octanol–water partition coefficient (Wildman–Crippen LogP) is 3.68. The second-order valence-corrected chi connectivity index (χ2v) is 8.72. The lowest BCUT2D eigenvalue weighted by Gasteiger charge is -2.11. The van der Waals surface area contributed by atoms with Gasteiger partial charge < -0.3 is 10.1 Å². The summed E-state index contributed by atoms with van der Waals surface area (Å²) in [6.07, 6.45) is 1.49.